The first kappa shape index (κ1) is 15.0. The van der Waals surface area contributed by atoms with Crippen LogP contribution in [0.4, 0.5) is 5.95 Å². The summed E-state index contributed by atoms with van der Waals surface area (Å²) in [4.78, 5) is 24.4. The van der Waals surface area contributed by atoms with Gasteiger partial charge in [0.2, 0.25) is 5.95 Å². The minimum atomic E-state index is -0.0529. The van der Waals surface area contributed by atoms with Gasteiger partial charge in [-0.15, -0.1) is 0 Å². The number of H-pyrrole nitrogens is 1. The van der Waals surface area contributed by atoms with Gasteiger partial charge in [-0.2, -0.15) is 0 Å². The molecule has 1 aliphatic rings. The van der Waals surface area contributed by atoms with Gasteiger partial charge in [0.05, 0.1) is 10.9 Å². The zero-order valence-electron chi connectivity index (χ0n) is 13.4. The summed E-state index contributed by atoms with van der Waals surface area (Å²) in [6, 6.07) is 7.50. The van der Waals surface area contributed by atoms with Gasteiger partial charge in [0.15, 0.2) is 0 Å². The molecule has 118 valence electrons. The molecule has 1 saturated heterocycles. The molecule has 0 atom stereocenters. The van der Waals surface area contributed by atoms with Gasteiger partial charge in [0.25, 0.3) is 5.56 Å². The van der Waals surface area contributed by atoms with Gasteiger partial charge in [-0.1, -0.05) is 26.0 Å². The maximum absolute atomic E-state index is 12.2. The third-order valence-electron chi connectivity index (χ3n) is 4.29. The number of aromatic nitrogens is 2. The Morgan fingerprint density at radius 1 is 1.18 bits per heavy atom. The number of hydrogen-bond donors (Lipinski definition) is 1. The Bertz CT molecular complexity index is 686. The summed E-state index contributed by atoms with van der Waals surface area (Å²) >= 11 is 0. The van der Waals surface area contributed by atoms with E-state index in [1.54, 1.807) is 0 Å². The highest BCUT2D eigenvalue weighted by Gasteiger charge is 2.19. The van der Waals surface area contributed by atoms with Gasteiger partial charge in [-0.25, -0.2) is 4.98 Å². The first-order chi connectivity index (χ1) is 10.6. The number of piperazine rings is 1. The van der Waals surface area contributed by atoms with E-state index < -0.39 is 0 Å². The number of rotatable bonds is 4. The minimum Gasteiger partial charge on any atom is -0.340 e. The molecule has 1 N–H and O–H groups in total. The van der Waals surface area contributed by atoms with Crippen molar-refractivity contribution in [3.63, 3.8) is 0 Å². The molecule has 3 rings (SSSR count). The van der Waals surface area contributed by atoms with E-state index in [1.165, 1.54) is 6.42 Å². The molecule has 0 amide bonds. The highest BCUT2D eigenvalue weighted by molar-refractivity contribution is 5.78. The van der Waals surface area contributed by atoms with Crippen molar-refractivity contribution in [1.82, 2.24) is 14.9 Å². The van der Waals surface area contributed by atoms with Crippen LogP contribution in [0, 0.1) is 5.92 Å². The van der Waals surface area contributed by atoms with Crippen LogP contribution in [0.2, 0.25) is 0 Å². The second-order valence-electron chi connectivity index (χ2n) is 6.42. The molecule has 0 saturated carbocycles. The SMILES string of the molecule is CC(C)CCN1CCN(c2nc3ccccc3c(=O)[nH]2)CC1. The average Bonchev–Trinajstić information content (AvgIpc) is 2.53. The molecule has 22 heavy (non-hydrogen) atoms. The van der Waals surface area contributed by atoms with E-state index in [0.29, 0.717) is 11.3 Å². The number of para-hydroxylation sites is 1. The van der Waals surface area contributed by atoms with Gasteiger partial charge in [-0.3, -0.25) is 14.7 Å². The van der Waals surface area contributed by atoms with Crippen LogP contribution in [0.1, 0.15) is 20.3 Å². The van der Waals surface area contributed by atoms with E-state index >= 15 is 0 Å². The summed E-state index contributed by atoms with van der Waals surface area (Å²) in [6.45, 7) is 9.58. The lowest BCUT2D eigenvalue weighted by Crippen LogP contribution is -2.47. The number of benzene rings is 1. The van der Waals surface area contributed by atoms with Gasteiger partial charge < -0.3 is 4.90 Å². The molecule has 0 aliphatic carbocycles. The fraction of sp³-hybridized carbons (Fsp3) is 0.529. The van der Waals surface area contributed by atoms with Crippen molar-refractivity contribution in [3.8, 4) is 0 Å². The molecule has 2 aromatic rings. The Labute approximate surface area is 131 Å². The van der Waals surface area contributed by atoms with Gasteiger partial charge >= 0.3 is 0 Å². The van der Waals surface area contributed by atoms with Crippen molar-refractivity contribution in [1.29, 1.82) is 0 Å². The van der Waals surface area contributed by atoms with Gasteiger partial charge in [-0.05, 0) is 31.0 Å². The van der Waals surface area contributed by atoms with Crippen molar-refractivity contribution in [2.45, 2.75) is 20.3 Å². The number of nitrogens with one attached hydrogen (secondary N) is 1. The summed E-state index contributed by atoms with van der Waals surface area (Å²) < 4.78 is 0. The number of fused-ring (bicyclic) bond motifs is 1. The molecule has 1 aromatic carbocycles. The molecule has 1 aliphatic heterocycles. The van der Waals surface area contributed by atoms with Crippen LogP contribution in [0.5, 0.6) is 0 Å². The Hall–Kier alpha value is -1.88. The third kappa shape index (κ3) is 3.30. The monoisotopic (exact) mass is 300 g/mol. The lowest BCUT2D eigenvalue weighted by atomic mass is 10.1. The summed E-state index contributed by atoms with van der Waals surface area (Å²) in [5.74, 6) is 1.45. The van der Waals surface area contributed by atoms with E-state index in [0.717, 1.165) is 44.2 Å². The lowest BCUT2D eigenvalue weighted by Gasteiger charge is -2.35. The van der Waals surface area contributed by atoms with Gasteiger partial charge in [0.1, 0.15) is 0 Å². The molecule has 1 fully saturated rings. The average molecular weight is 300 g/mol. The molecule has 0 spiro atoms. The van der Waals surface area contributed by atoms with Crippen LogP contribution in [0.15, 0.2) is 29.1 Å². The second kappa shape index (κ2) is 6.48. The van der Waals surface area contributed by atoms with E-state index in [-0.39, 0.29) is 5.56 Å². The fourth-order valence-electron chi connectivity index (χ4n) is 2.85. The predicted molar refractivity (Wildman–Crippen MR) is 90.5 cm³/mol. The topological polar surface area (TPSA) is 52.2 Å². The molecule has 5 heteroatoms. The first-order valence-electron chi connectivity index (χ1n) is 8.10. The fourth-order valence-corrected chi connectivity index (χ4v) is 2.85. The highest BCUT2D eigenvalue weighted by atomic mass is 16.1. The minimum absolute atomic E-state index is 0.0529. The van der Waals surface area contributed by atoms with E-state index in [2.05, 4.69) is 33.6 Å². The van der Waals surface area contributed by atoms with Crippen molar-refractivity contribution in [2.75, 3.05) is 37.6 Å². The molecule has 0 bridgehead atoms. The number of hydrogen-bond acceptors (Lipinski definition) is 4. The van der Waals surface area contributed by atoms with E-state index in [4.69, 9.17) is 0 Å². The van der Waals surface area contributed by atoms with Crippen LogP contribution in [0.3, 0.4) is 0 Å². The van der Waals surface area contributed by atoms with E-state index in [1.807, 2.05) is 24.3 Å². The normalized spacial score (nSPS) is 16.6. The molecule has 1 aromatic heterocycles. The molecule has 0 unspecified atom stereocenters. The second-order valence-corrected chi connectivity index (χ2v) is 6.42. The quantitative estimate of drug-likeness (QED) is 0.939. The van der Waals surface area contributed by atoms with Crippen LogP contribution >= 0.6 is 0 Å². The lowest BCUT2D eigenvalue weighted by molar-refractivity contribution is 0.242. The predicted octanol–water partition coefficient (Wildman–Crippen LogP) is 2.09. The molecular formula is C17H24N4O. The highest BCUT2D eigenvalue weighted by Crippen LogP contribution is 2.14. The Morgan fingerprint density at radius 2 is 1.91 bits per heavy atom. The number of aromatic amines is 1. The van der Waals surface area contributed by atoms with Crippen molar-refractivity contribution in [2.24, 2.45) is 5.92 Å². The molecule has 5 nitrogen and oxygen atoms in total. The summed E-state index contributed by atoms with van der Waals surface area (Å²) in [7, 11) is 0. The summed E-state index contributed by atoms with van der Waals surface area (Å²) in [6.07, 6.45) is 1.24. The maximum Gasteiger partial charge on any atom is 0.260 e. The number of nitrogens with zero attached hydrogens (tertiary/aromatic N) is 3. The zero-order chi connectivity index (χ0) is 15.5. The zero-order valence-corrected chi connectivity index (χ0v) is 13.4. The number of anilines is 1. The Kier molecular flexibility index (Phi) is 4.43. The van der Waals surface area contributed by atoms with Crippen molar-refractivity contribution < 1.29 is 0 Å². The van der Waals surface area contributed by atoms with Crippen molar-refractivity contribution >= 4 is 16.9 Å². The smallest absolute Gasteiger partial charge is 0.260 e. The van der Waals surface area contributed by atoms with Gasteiger partial charge in [0, 0.05) is 26.2 Å². The van der Waals surface area contributed by atoms with Crippen LogP contribution < -0.4 is 10.5 Å². The molecule has 2 heterocycles. The summed E-state index contributed by atoms with van der Waals surface area (Å²) in [5, 5.41) is 0.654. The first-order valence-corrected chi connectivity index (χ1v) is 8.10. The van der Waals surface area contributed by atoms with E-state index in [9.17, 15) is 4.79 Å². The van der Waals surface area contributed by atoms with Crippen LogP contribution in [0.25, 0.3) is 10.9 Å². The maximum atomic E-state index is 12.2. The molecular weight excluding hydrogens is 276 g/mol. The van der Waals surface area contributed by atoms with Crippen LogP contribution in [-0.4, -0.2) is 47.6 Å². The summed E-state index contributed by atoms with van der Waals surface area (Å²) in [5.41, 5.74) is 0.714. The molecule has 0 radical (unpaired) electrons. The van der Waals surface area contributed by atoms with Crippen molar-refractivity contribution in [3.05, 3.63) is 34.6 Å². The Morgan fingerprint density at radius 3 is 2.64 bits per heavy atom. The Balaban J connectivity index is 1.70. The third-order valence-corrected chi connectivity index (χ3v) is 4.29. The van der Waals surface area contributed by atoms with Crippen LogP contribution in [-0.2, 0) is 0 Å². The largest absolute Gasteiger partial charge is 0.340 e. The standard InChI is InChI=1S/C17H24N4O/c1-13(2)7-8-20-9-11-21(12-10-20)17-18-15-6-4-3-5-14(15)16(22)19-17/h3-6,13H,7-12H2,1-2H3,(H,18,19,22).